The molecule has 0 aliphatic heterocycles. The van der Waals surface area contributed by atoms with E-state index in [1.54, 1.807) is 20.1 Å². The molecular formula is C17H22N4O2. The Kier molecular flexibility index (Phi) is 6.05. The van der Waals surface area contributed by atoms with Crippen molar-refractivity contribution in [2.75, 3.05) is 31.7 Å². The monoisotopic (exact) mass is 314 g/mol. The second-order valence-corrected chi connectivity index (χ2v) is 4.99. The zero-order chi connectivity index (χ0) is 16.7. The van der Waals surface area contributed by atoms with Crippen LogP contribution in [0.2, 0.25) is 0 Å². The van der Waals surface area contributed by atoms with Crippen molar-refractivity contribution in [3.63, 3.8) is 0 Å². The smallest absolute Gasteiger partial charge is 0.270 e. The first-order valence-electron chi connectivity index (χ1n) is 7.61. The van der Waals surface area contributed by atoms with E-state index in [-0.39, 0.29) is 5.91 Å². The third kappa shape index (κ3) is 4.50. The number of para-hydroxylation sites is 1. The molecule has 0 unspecified atom stereocenters. The van der Waals surface area contributed by atoms with Gasteiger partial charge in [-0.25, -0.2) is 9.97 Å². The van der Waals surface area contributed by atoms with Crippen LogP contribution in [0, 0.1) is 6.92 Å². The Morgan fingerprint density at radius 1 is 1.26 bits per heavy atom. The molecule has 0 saturated heterocycles. The summed E-state index contributed by atoms with van der Waals surface area (Å²) in [6, 6.07) is 11.7. The molecular weight excluding hydrogens is 292 g/mol. The zero-order valence-corrected chi connectivity index (χ0v) is 13.7. The highest BCUT2D eigenvalue weighted by Gasteiger charge is 2.14. The van der Waals surface area contributed by atoms with E-state index in [0.29, 0.717) is 30.5 Å². The lowest BCUT2D eigenvalue weighted by atomic mass is 10.2. The summed E-state index contributed by atoms with van der Waals surface area (Å²) in [6.45, 7) is 5.49. The van der Waals surface area contributed by atoms with Crippen LogP contribution in [0.3, 0.4) is 0 Å². The number of ether oxygens (including phenoxy) is 1. The molecule has 0 spiro atoms. The standard InChI is InChI=1S/C17H22N4O2/c1-4-21(14-8-6-5-7-9-14)16-12-15(19-13(2)20-16)17(22)18-10-11-23-3/h5-9,12H,4,10-11H2,1-3H3,(H,18,22). The molecule has 0 aliphatic rings. The Bertz CT molecular complexity index is 646. The highest BCUT2D eigenvalue weighted by molar-refractivity contribution is 5.93. The number of hydrogen-bond acceptors (Lipinski definition) is 5. The topological polar surface area (TPSA) is 67.4 Å². The lowest BCUT2D eigenvalue weighted by molar-refractivity contribution is 0.0931. The fourth-order valence-corrected chi connectivity index (χ4v) is 2.25. The van der Waals surface area contributed by atoms with Crippen LogP contribution in [0.1, 0.15) is 23.2 Å². The predicted molar refractivity (Wildman–Crippen MR) is 90.1 cm³/mol. The molecule has 1 amide bonds. The average Bonchev–Trinajstić information content (AvgIpc) is 2.56. The first-order chi connectivity index (χ1) is 11.2. The van der Waals surface area contributed by atoms with Crippen LogP contribution in [0.4, 0.5) is 11.5 Å². The zero-order valence-electron chi connectivity index (χ0n) is 13.7. The minimum atomic E-state index is -0.224. The van der Waals surface area contributed by atoms with Gasteiger partial charge in [-0.15, -0.1) is 0 Å². The van der Waals surface area contributed by atoms with Gasteiger partial charge in [0.15, 0.2) is 0 Å². The van der Waals surface area contributed by atoms with Gasteiger partial charge < -0.3 is 15.0 Å². The Morgan fingerprint density at radius 2 is 2.00 bits per heavy atom. The van der Waals surface area contributed by atoms with Gasteiger partial charge in [-0.3, -0.25) is 4.79 Å². The molecule has 6 nitrogen and oxygen atoms in total. The second kappa shape index (κ2) is 8.24. The number of amides is 1. The normalized spacial score (nSPS) is 10.4. The maximum absolute atomic E-state index is 12.2. The van der Waals surface area contributed by atoms with Crippen LogP contribution < -0.4 is 10.2 Å². The van der Waals surface area contributed by atoms with Crippen molar-refractivity contribution in [1.82, 2.24) is 15.3 Å². The van der Waals surface area contributed by atoms with Gasteiger partial charge in [-0.2, -0.15) is 0 Å². The van der Waals surface area contributed by atoms with Crippen molar-refractivity contribution in [2.45, 2.75) is 13.8 Å². The third-order valence-corrected chi connectivity index (χ3v) is 3.31. The maximum Gasteiger partial charge on any atom is 0.270 e. The molecule has 1 aromatic heterocycles. The van der Waals surface area contributed by atoms with Crippen LogP contribution in [-0.4, -0.2) is 42.7 Å². The number of aromatic nitrogens is 2. The Hall–Kier alpha value is -2.47. The molecule has 1 aromatic carbocycles. The number of nitrogens with zero attached hydrogens (tertiary/aromatic N) is 3. The molecule has 23 heavy (non-hydrogen) atoms. The average molecular weight is 314 g/mol. The summed E-state index contributed by atoms with van der Waals surface area (Å²) >= 11 is 0. The molecule has 6 heteroatoms. The molecule has 0 atom stereocenters. The molecule has 0 radical (unpaired) electrons. The summed E-state index contributed by atoms with van der Waals surface area (Å²) in [7, 11) is 1.60. The number of nitrogens with one attached hydrogen (secondary N) is 1. The van der Waals surface area contributed by atoms with Gasteiger partial charge in [0.1, 0.15) is 17.3 Å². The van der Waals surface area contributed by atoms with Crippen molar-refractivity contribution in [3.05, 3.63) is 47.9 Å². The molecule has 1 heterocycles. The molecule has 1 N–H and O–H groups in total. The van der Waals surface area contributed by atoms with Gasteiger partial charge in [0.2, 0.25) is 0 Å². The molecule has 0 bridgehead atoms. The minimum absolute atomic E-state index is 0.224. The molecule has 2 rings (SSSR count). The van der Waals surface area contributed by atoms with Gasteiger partial charge in [0.05, 0.1) is 6.61 Å². The van der Waals surface area contributed by atoms with E-state index in [1.807, 2.05) is 42.2 Å². The van der Waals surface area contributed by atoms with E-state index in [1.165, 1.54) is 0 Å². The summed E-state index contributed by atoms with van der Waals surface area (Å²) < 4.78 is 4.93. The van der Waals surface area contributed by atoms with Gasteiger partial charge in [-0.05, 0) is 26.0 Å². The lowest BCUT2D eigenvalue weighted by Gasteiger charge is -2.22. The lowest BCUT2D eigenvalue weighted by Crippen LogP contribution is -2.28. The van der Waals surface area contributed by atoms with E-state index in [9.17, 15) is 4.79 Å². The number of methoxy groups -OCH3 is 1. The highest BCUT2D eigenvalue weighted by Crippen LogP contribution is 2.23. The van der Waals surface area contributed by atoms with Gasteiger partial charge in [0, 0.05) is 32.0 Å². The molecule has 122 valence electrons. The highest BCUT2D eigenvalue weighted by atomic mass is 16.5. The van der Waals surface area contributed by atoms with E-state index in [0.717, 1.165) is 12.2 Å². The van der Waals surface area contributed by atoms with Crippen molar-refractivity contribution in [3.8, 4) is 0 Å². The Balaban J connectivity index is 2.27. The number of anilines is 2. The minimum Gasteiger partial charge on any atom is -0.383 e. The second-order valence-electron chi connectivity index (χ2n) is 4.99. The Morgan fingerprint density at radius 3 is 2.65 bits per heavy atom. The molecule has 0 fully saturated rings. The van der Waals surface area contributed by atoms with Gasteiger partial charge >= 0.3 is 0 Å². The fraction of sp³-hybridized carbons (Fsp3) is 0.353. The number of carbonyl (C=O) groups excluding carboxylic acids is 1. The van der Waals surface area contributed by atoms with Crippen LogP contribution in [0.25, 0.3) is 0 Å². The third-order valence-electron chi connectivity index (χ3n) is 3.31. The van der Waals surface area contributed by atoms with Crippen LogP contribution in [0.5, 0.6) is 0 Å². The fourth-order valence-electron chi connectivity index (χ4n) is 2.25. The summed E-state index contributed by atoms with van der Waals surface area (Å²) in [4.78, 5) is 22.9. The SMILES string of the molecule is CCN(c1ccccc1)c1cc(C(=O)NCCOC)nc(C)n1. The van der Waals surface area contributed by atoms with Crippen LogP contribution in [-0.2, 0) is 4.74 Å². The summed E-state index contributed by atoms with van der Waals surface area (Å²) in [6.07, 6.45) is 0. The first-order valence-corrected chi connectivity index (χ1v) is 7.61. The maximum atomic E-state index is 12.2. The molecule has 2 aromatic rings. The van der Waals surface area contributed by atoms with Crippen LogP contribution in [0.15, 0.2) is 36.4 Å². The van der Waals surface area contributed by atoms with E-state index < -0.39 is 0 Å². The van der Waals surface area contributed by atoms with E-state index >= 15 is 0 Å². The van der Waals surface area contributed by atoms with Crippen molar-refractivity contribution in [2.24, 2.45) is 0 Å². The largest absolute Gasteiger partial charge is 0.383 e. The van der Waals surface area contributed by atoms with Crippen molar-refractivity contribution in [1.29, 1.82) is 0 Å². The van der Waals surface area contributed by atoms with Crippen molar-refractivity contribution >= 4 is 17.4 Å². The van der Waals surface area contributed by atoms with Crippen LogP contribution >= 0.6 is 0 Å². The number of benzene rings is 1. The number of rotatable bonds is 7. The van der Waals surface area contributed by atoms with Gasteiger partial charge in [0.25, 0.3) is 5.91 Å². The number of aryl methyl sites for hydroxylation is 1. The Labute approximate surface area is 136 Å². The summed E-state index contributed by atoms with van der Waals surface area (Å²) in [5.74, 6) is 1.05. The summed E-state index contributed by atoms with van der Waals surface area (Å²) in [5.41, 5.74) is 1.39. The van der Waals surface area contributed by atoms with E-state index in [4.69, 9.17) is 4.74 Å². The molecule has 0 aliphatic carbocycles. The van der Waals surface area contributed by atoms with Gasteiger partial charge in [-0.1, -0.05) is 18.2 Å². The first kappa shape index (κ1) is 16.9. The predicted octanol–water partition coefficient (Wildman–Crippen LogP) is 2.32. The quantitative estimate of drug-likeness (QED) is 0.794. The summed E-state index contributed by atoms with van der Waals surface area (Å²) in [5, 5.41) is 2.78. The van der Waals surface area contributed by atoms with E-state index in [2.05, 4.69) is 15.3 Å². The van der Waals surface area contributed by atoms with Crippen molar-refractivity contribution < 1.29 is 9.53 Å². The number of hydrogen-bond donors (Lipinski definition) is 1. The number of carbonyl (C=O) groups is 1. The molecule has 0 saturated carbocycles.